The lowest BCUT2D eigenvalue weighted by molar-refractivity contribution is 0.102. The Kier molecular flexibility index (Phi) is 3.21. The first kappa shape index (κ1) is 11.6. The third kappa shape index (κ3) is 2.62. The van der Waals surface area contributed by atoms with Gasteiger partial charge in [0.1, 0.15) is 5.82 Å². The lowest BCUT2D eigenvalue weighted by atomic mass is 10.1. The third-order valence-corrected chi connectivity index (χ3v) is 2.28. The van der Waals surface area contributed by atoms with Crippen molar-refractivity contribution in [1.82, 2.24) is 4.98 Å². The van der Waals surface area contributed by atoms with Crippen LogP contribution < -0.4 is 11.1 Å². The Hall–Kier alpha value is -2.87. The summed E-state index contributed by atoms with van der Waals surface area (Å²) < 4.78 is 0. The van der Waals surface area contributed by atoms with Crippen molar-refractivity contribution < 1.29 is 4.79 Å². The number of pyridine rings is 1. The fourth-order valence-electron chi connectivity index (χ4n) is 1.40. The summed E-state index contributed by atoms with van der Waals surface area (Å²) in [6, 6.07) is 11.7. The largest absolute Gasteiger partial charge is 0.397 e. The average Bonchev–Trinajstić information content (AvgIpc) is 2.41. The lowest BCUT2D eigenvalue weighted by Crippen LogP contribution is -2.13. The number of nitrogens with one attached hydrogen (secondary N) is 1. The molecule has 0 saturated heterocycles. The molecule has 5 nitrogen and oxygen atoms in total. The number of carbonyl (C=O) groups excluding carboxylic acids is 1. The molecule has 0 spiro atoms. The van der Waals surface area contributed by atoms with E-state index in [0.717, 1.165) is 0 Å². The van der Waals surface area contributed by atoms with Gasteiger partial charge in [0.05, 0.1) is 23.5 Å². The molecule has 0 aliphatic carbocycles. The Bertz CT molecular complexity index is 614. The molecule has 0 bridgehead atoms. The number of rotatable bonds is 2. The molecule has 88 valence electrons. The zero-order chi connectivity index (χ0) is 13.0. The van der Waals surface area contributed by atoms with Gasteiger partial charge in [-0.25, -0.2) is 4.98 Å². The van der Waals surface area contributed by atoms with Gasteiger partial charge >= 0.3 is 0 Å². The van der Waals surface area contributed by atoms with Gasteiger partial charge in [-0.3, -0.25) is 4.79 Å². The predicted octanol–water partition coefficient (Wildman–Crippen LogP) is 1.79. The number of carbonyl (C=O) groups is 1. The summed E-state index contributed by atoms with van der Waals surface area (Å²) in [5, 5.41) is 11.4. The number of nitrogens with two attached hydrogens (primary N) is 1. The van der Waals surface area contributed by atoms with Crippen LogP contribution in [0.25, 0.3) is 0 Å². The maximum atomic E-state index is 11.9. The van der Waals surface area contributed by atoms with Gasteiger partial charge in [-0.15, -0.1) is 0 Å². The van der Waals surface area contributed by atoms with E-state index in [1.165, 1.54) is 12.3 Å². The van der Waals surface area contributed by atoms with Crippen LogP contribution in [0.5, 0.6) is 0 Å². The van der Waals surface area contributed by atoms with E-state index < -0.39 is 0 Å². The minimum Gasteiger partial charge on any atom is -0.397 e. The zero-order valence-electron chi connectivity index (χ0n) is 9.42. The Balaban J connectivity index is 2.17. The third-order valence-electron chi connectivity index (χ3n) is 2.28. The van der Waals surface area contributed by atoms with E-state index >= 15 is 0 Å². The molecular formula is C13H10N4O. The Morgan fingerprint density at radius 2 is 2.17 bits per heavy atom. The van der Waals surface area contributed by atoms with Crippen LogP contribution in [0.1, 0.15) is 15.9 Å². The number of anilines is 2. The van der Waals surface area contributed by atoms with Crippen LogP contribution in [-0.4, -0.2) is 10.9 Å². The molecule has 2 rings (SSSR count). The predicted molar refractivity (Wildman–Crippen MR) is 67.8 cm³/mol. The smallest absolute Gasteiger partial charge is 0.256 e. The zero-order valence-corrected chi connectivity index (χ0v) is 9.42. The maximum Gasteiger partial charge on any atom is 0.256 e. The molecule has 1 heterocycles. The fraction of sp³-hybridized carbons (Fsp3) is 0. The summed E-state index contributed by atoms with van der Waals surface area (Å²) in [5.74, 6) is 0.0981. The van der Waals surface area contributed by atoms with Crippen molar-refractivity contribution in [3.05, 3.63) is 53.7 Å². The van der Waals surface area contributed by atoms with Crippen molar-refractivity contribution in [1.29, 1.82) is 5.26 Å². The van der Waals surface area contributed by atoms with Crippen molar-refractivity contribution in [2.45, 2.75) is 0 Å². The molecule has 3 N–H and O–H groups in total. The van der Waals surface area contributed by atoms with Gasteiger partial charge in [0, 0.05) is 5.56 Å². The molecule has 18 heavy (non-hydrogen) atoms. The summed E-state index contributed by atoms with van der Waals surface area (Å²) in [5.41, 5.74) is 6.87. The minimum absolute atomic E-state index is 0.315. The molecule has 0 radical (unpaired) electrons. The number of benzene rings is 1. The molecular weight excluding hydrogens is 228 g/mol. The number of nitriles is 1. The molecule has 5 heteroatoms. The highest BCUT2D eigenvalue weighted by molar-refractivity contribution is 6.03. The van der Waals surface area contributed by atoms with Crippen molar-refractivity contribution >= 4 is 17.4 Å². The standard InChI is InChI=1S/C13H10N4O/c14-7-9-2-1-3-10(6-9)13(18)17-12-5-4-11(15)8-16-12/h1-6,8H,15H2,(H,16,17,18). The molecule has 0 aliphatic heterocycles. The molecule has 2 aromatic rings. The van der Waals surface area contributed by atoms with E-state index in [2.05, 4.69) is 10.3 Å². The summed E-state index contributed by atoms with van der Waals surface area (Å²) in [7, 11) is 0. The highest BCUT2D eigenvalue weighted by Crippen LogP contribution is 2.09. The molecule has 0 aliphatic rings. The highest BCUT2D eigenvalue weighted by atomic mass is 16.1. The van der Waals surface area contributed by atoms with Crippen LogP contribution in [0.4, 0.5) is 11.5 Å². The molecule has 0 unspecified atom stereocenters. The van der Waals surface area contributed by atoms with Crippen LogP contribution >= 0.6 is 0 Å². The second kappa shape index (κ2) is 4.97. The van der Waals surface area contributed by atoms with Gasteiger partial charge in [0.2, 0.25) is 0 Å². The van der Waals surface area contributed by atoms with Gasteiger partial charge < -0.3 is 11.1 Å². The van der Waals surface area contributed by atoms with Crippen LogP contribution in [0.2, 0.25) is 0 Å². The van der Waals surface area contributed by atoms with Crippen LogP contribution in [0.3, 0.4) is 0 Å². The van der Waals surface area contributed by atoms with Gasteiger partial charge in [-0.05, 0) is 30.3 Å². The molecule has 0 fully saturated rings. The van der Waals surface area contributed by atoms with Crippen molar-refractivity contribution in [3.63, 3.8) is 0 Å². The van der Waals surface area contributed by atoms with Gasteiger partial charge in [-0.2, -0.15) is 5.26 Å². The number of amides is 1. The van der Waals surface area contributed by atoms with Gasteiger partial charge in [0.25, 0.3) is 5.91 Å². The molecule has 0 saturated carbocycles. The van der Waals surface area contributed by atoms with E-state index in [4.69, 9.17) is 11.0 Å². The van der Waals surface area contributed by atoms with Crippen LogP contribution in [0.15, 0.2) is 42.6 Å². The minimum atomic E-state index is -0.315. The van der Waals surface area contributed by atoms with Crippen molar-refractivity contribution in [2.24, 2.45) is 0 Å². The average molecular weight is 238 g/mol. The second-order valence-corrected chi connectivity index (χ2v) is 3.62. The van der Waals surface area contributed by atoms with Crippen LogP contribution in [0, 0.1) is 11.3 Å². The second-order valence-electron chi connectivity index (χ2n) is 3.62. The molecule has 1 amide bonds. The number of aromatic nitrogens is 1. The number of nitrogens with zero attached hydrogens (tertiary/aromatic N) is 2. The number of hydrogen-bond acceptors (Lipinski definition) is 4. The summed E-state index contributed by atoms with van der Waals surface area (Å²) in [6.45, 7) is 0. The lowest BCUT2D eigenvalue weighted by Gasteiger charge is -2.04. The Morgan fingerprint density at radius 3 is 2.83 bits per heavy atom. The number of hydrogen-bond donors (Lipinski definition) is 2. The SMILES string of the molecule is N#Cc1cccc(C(=O)Nc2ccc(N)cn2)c1. The normalized spacial score (nSPS) is 9.50. The van der Waals surface area contributed by atoms with Gasteiger partial charge in [-0.1, -0.05) is 6.07 Å². The topological polar surface area (TPSA) is 91.8 Å². The van der Waals surface area contributed by atoms with Crippen molar-refractivity contribution in [2.75, 3.05) is 11.1 Å². The van der Waals surface area contributed by atoms with E-state index in [-0.39, 0.29) is 5.91 Å². The Labute approximate surface area is 104 Å². The van der Waals surface area contributed by atoms with Crippen LogP contribution in [-0.2, 0) is 0 Å². The molecule has 1 aromatic heterocycles. The molecule has 0 atom stereocenters. The number of nitrogen functional groups attached to an aromatic ring is 1. The monoisotopic (exact) mass is 238 g/mol. The first-order valence-corrected chi connectivity index (χ1v) is 5.22. The fourth-order valence-corrected chi connectivity index (χ4v) is 1.40. The maximum absolute atomic E-state index is 11.9. The summed E-state index contributed by atoms with van der Waals surface area (Å²) in [6.07, 6.45) is 1.46. The van der Waals surface area contributed by atoms with Crippen molar-refractivity contribution in [3.8, 4) is 6.07 Å². The summed E-state index contributed by atoms with van der Waals surface area (Å²) in [4.78, 5) is 15.8. The first-order valence-electron chi connectivity index (χ1n) is 5.22. The highest BCUT2D eigenvalue weighted by Gasteiger charge is 2.07. The quantitative estimate of drug-likeness (QED) is 0.834. The first-order chi connectivity index (χ1) is 8.69. The van der Waals surface area contributed by atoms with E-state index in [9.17, 15) is 4.79 Å². The van der Waals surface area contributed by atoms with E-state index in [0.29, 0.717) is 22.6 Å². The van der Waals surface area contributed by atoms with E-state index in [1.807, 2.05) is 6.07 Å². The van der Waals surface area contributed by atoms with Gasteiger partial charge in [0.15, 0.2) is 0 Å². The Morgan fingerprint density at radius 1 is 1.33 bits per heavy atom. The molecule has 1 aromatic carbocycles. The van der Waals surface area contributed by atoms with E-state index in [1.54, 1.807) is 30.3 Å². The summed E-state index contributed by atoms with van der Waals surface area (Å²) >= 11 is 0.